The Labute approximate surface area is 168 Å². The second-order valence-electron chi connectivity index (χ2n) is 7.25. The van der Waals surface area contributed by atoms with Crippen LogP contribution in [0.5, 0.6) is 0 Å². The van der Waals surface area contributed by atoms with Crippen molar-refractivity contribution in [2.75, 3.05) is 0 Å². The third-order valence-corrected chi connectivity index (χ3v) is 5.22. The lowest BCUT2D eigenvalue weighted by atomic mass is 9.95. The number of amides is 2. The quantitative estimate of drug-likeness (QED) is 0.643. The molecule has 0 spiro atoms. The maximum absolute atomic E-state index is 13.3. The standard InChI is InChI=1S/C22H24N2O5/c25-21(23-16-7-2-1-3-8-16)20(18-10-5-13-28-18)24(15-17-9-4-12-27-17)22(26)19-11-6-14-29-19/h4-6,9-14,16,20H,1-3,7-8,15H2,(H,23,25)/t20-/m1/s1. The van der Waals surface area contributed by atoms with Crippen LogP contribution in [0.2, 0.25) is 0 Å². The highest BCUT2D eigenvalue weighted by atomic mass is 16.3. The lowest BCUT2D eigenvalue weighted by Gasteiger charge is -2.31. The van der Waals surface area contributed by atoms with E-state index in [-0.39, 0.29) is 24.3 Å². The molecule has 0 aromatic carbocycles. The number of hydrogen-bond acceptors (Lipinski definition) is 5. The first-order chi connectivity index (χ1) is 14.2. The fraction of sp³-hybridized carbons (Fsp3) is 0.364. The number of carbonyl (C=O) groups excluding carboxylic acids is 2. The minimum absolute atomic E-state index is 0.107. The van der Waals surface area contributed by atoms with Crippen LogP contribution in [0.25, 0.3) is 0 Å². The Morgan fingerprint density at radius 2 is 1.69 bits per heavy atom. The molecule has 0 radical (unpaired) electrons. The van der Waals surface area contributed by atoms with E-state index in [9.17, 15) is 9.59 Å². The first kappa shape index (κ1) is 19.1. The van der Waals surface area contributed by atoms with Crippen LogP contribution >= 0.6 is 0 Å². The molecule has 1 aliphatic rings. The SMILES string of the molecule is O=C(NC1CCCCC1)[C@@H](c1ccco1)N(Cc1ccco1)C(=O)c1ccco1. The average Bonchev–Trinajstić information content (AvgIpc) is 3.51. The summed E-state index contributed by atoms with van der Waals surface area (Å²) in [7, 11) is 0. The van der Waals surface area contributed by atoms with Gasteiger partial charge < -0.3 is 23.5 Å². The van der Waals surface area contributed by atoms with Gasteiger partial charge in [0.1, 0.15) is 11.5 Å². The molecule has 7 heteroatoms. The molecule has 2 amide bonds. The van der Waals surface area contributed by atoms with E-state index < -0.39 is 11.9 Å². The van der Waals surface area contributed by atoms with Crippen LogP contribution in [0.1, 0.15) is 60.2 Å². The molecule has 3 aromatic rings. The molecule has 4 rings (SSSR count). The van der Waals surface area contributed by atoms with Crippen molar-refractivity contribution in [3.63, 3.8) is 0 Å². The topological polar surface area (TPSA) is 88.8 Å². The number of nitrogens with one attached hydrogen (secondary N) is 1. The van der Waals surface area contributed by atoms with Crippen molar-refractivity contribution in [2.24, 2.45) is 0 Å². The Morgan fingerprint density at radius 3 is 2.34 bits per heavy atom. The van der Waals surface area contributed by atoms with Gasteiger partial charge in [-0.3, -0.25) is 9.59 Å². The van der Waals surface area contributed by atoms with Gasteiger partial charge in [0.25, 0.3) is 11.8 Å². The van der Waals surface area contributed by atoms with Gasteiger partial charge >= 0.3 is 0 Å². The summed E-state index contributed by atoms with van der Waals surface area (Å²) in [5.74, 6) is 0.431. The summed E-state index contributed by atoms with van der Waals surface area (Å²) in [5.41, 5.74) is 0. The predicted octanol–water partition coefficient (Wildman–Crippen LogP) is 4.30. The fourth-order valence-electron chi connectivity index (χ4n) is 3.79. The van der Waals surface area contributed by atoms with Gasteiger partial charge in [-0.2, -0.15) is 0 Å². The van der Waals surface area contributed by atoms with Crippen molar-refractivity contribution in [1.82, 2.24) is 10.2 Å². The maximum Gasteiger partial charge on any atom is 0.290 e. The molecular formula is C22H24N2O5. The van der Waals surface area contributed by atoms with E-state index >= 15 is 0 Å². The van der Waals surface area contributed by atoms with Gasteiger partial charge in [0.15, 0.2) is 11.8 Å². The fourth-order valence-corrected chi connectivity index (χ4v) is 3.79. The minimum Gasteiger partial charge on any atom is -0.467 e. The average molecular weight is 396 g/mol. The summed E-state index contributed by atoms with van der Waals surface area (Å²) in [6, 6.07) is 9.31. The highest BCUT2D eigenvalue weighted by Crippen LogP contribution is 2.28. The number of nitrogens with zero attached hydrogens (tertiary/aromatic N) is 1. The van der Waals surface area contributed by atoms with Gasteiger partial charge in [-0.05, 0) is 49.2 Å². The normalized spacial score (nSPS) is 15.7. The van der Waals surface area contributed by atoms with Gasteiger partial charge in [-0.15, -0.1) is 0 Å². The molecule has 3 heterocycles. The van der Waals surface area contributed by atoms with Crippen molar-refractivity contribution in [2.45, 2.75) is 50.7 Å². The molecular weight excluding hydrogens is 372 g/mol. The molecule has 7 nitrogen and oxygen atoms in total. The van der Waals surface area contributed by atoms with Crippen LogP contribution in [0.4, 0.5) is 0 Å². The molecule has 1 atom stereocenters. The monoisotopic (exact) mass is 396 g/mol. The van der Waals surface area contributed by atoms with E-state index in [4.69, 9.17) is 13.3 Å². The zero-order chi connectivity index (χ0) is 20.1. The third kappa shape index (κ3) is 4.45. The molecule has 0 saturated heterocycles. The van der Waals surface area contributed by atoms with Crippen molar-refractivity contribution in [3.8, 4) is 0 Å². The highest BCUT2D eigenvalue weighted by molar-refractivity contribution is 5.95. The van der Waals surface area contributed by atoms with Gasteiger partial charge in [0.05, 0.1) is 25.3 Å². The Morgan fingerprint density at radius 1 is 0.966 bits per heavy atom. The maximum atomic E-state index is 13.3. The van der Waals surface area contributed by atoms with Crippen LogP contribution in [-0.4, -0.2) is 22.8 Å². The molecule has 29 heavy (non-hydrogen) atoms. The Bertz CT molecular complexity index is 893. The van der Waals surface area contributed by atoms with E-state index in [1.807, 2.05) is 0 Å². The first-order valence-corrected chi connectivity index (χ1v) is 9.93. The van der Waals surface area contributed by atoms with E-state index in [1.54, 1.807) is 36.4 Å². The summed E-state index contributed by atoms with van der Waals surface area (Å²) in [6.45, 7) is 0.107. The lowest BCUT2D eigenvalue weighted by Crippen LogP contribution is -2.46. The molecule has 3 aromatic heterocycles. The van der Waals surface area contributed by atoms with Crippen LogP contribution < -0.4 is 5.32 Å². The Kier molecular flexibility index (Phi) is 5.84. The third-order valence-electron chi connectivity index (χ3n) is 5.22. The first-order valence-electron chi connectivity index (χ1n) is 9.93. The summed E-state index contributed by atoms with van der Waals surface area (Å²) in [6.07, 6.45) is 9.74. The van der Waals surface area contributed by atoms with Crippen molar-refractivity contribution in [3.05, 3.63) is 72.5 Å². The van der Waals surface area contributed by atoms with E-state index in [2.05, 4.69) is 5.32 Å². The minimum atomic E-state index is -0.936. The second-order valence-corrected chi connectivity index (χ2v) is 7.25. The summed E-state index contributed by atoms with van der Waals surface area (Å²) in [5, 5.41) is 3.11. The highest BCUT2D eigenvalue weighted by Gasteiger charge is 2.36. The number of carbonyl (C=O) groups is 2. The largest absolute Gasteiger partial charge is 0.467 e. The summed E-state index contributed by atoms with van der Waals surface area (Å²) < 4.78 is 16.3. The Hall–Kier alpha value is -3.22. The molecule has 152 valence electrons. The predicted molar refractivity (Wildman–Crippen MR) is 104 cm³/mol. The molecule has 0 bridgehead atoms. The van der Waals surface area contributed by atoms with Gasteiger partial charge in [0, 0.05) is 6.04 Å². The molecule has 1 aliphatic carbocycles. The van der Waals surface area contributed by atoms with Crippen molar-refractivity contribution in [1.29, 1.82) is 0 Å². The number of rotatable bonds is 7. The smallest absolute Gasteiger partial charge is 0.290 e. The van der Waals surface area contributed by atoms with Crippen LogP contribution in [0.15, 0.2) is 68.4 Å². The summed E-state index contributed by atoms with van der Waals surface area (Å²) >= 11 is 0. The van der Waals surface area contributed by atoms with Crippen molar-refractivity contribution < 1.29 is 22.8 Å². The molecule has 0 aliphatic heterocycles. The van der Waals surface area contributed by atoms with Crippen molar-refractivity contribution >= 4 is 11.8 Å². The second kappa shape index (κ2) is 8.86. The lowest BCUT2D eigenvalue weighted by molar-refractivity contribution is -0.127. The molecule has 1 fully saturated rings. The van der Waals surface area contributed by atoms with Crippen LogP contribution in [-0.2, 0) is 11.3 Å². The molecule has 0 unspecified atom stereocenters. The summed E-state index contributed by atoms with van der Waals surface area (Å²) in [4.78, 5) is 28.0. The zero-order valence-corrected chi connectivity index (χ0v) is 16.1. The van der Waals surface area contributed by atoms with Gasteiger partial charge in [0.2, 0.25) is 0 Å². The number of furan rings is 3. The van der Waals surface area contributed by atoms with Gasteiger partial charge in [-0.1, -0.05) is 19.3 Å². The van der Waals surface area contributed by atoms with E-state index in [1.165, 1.54) is 30.1 Å². The molecule has 1 saturated carbocycles. The Balaban J connectivity index is 1.65. The molecule has 1 N–H and O–H groups in total. The van der Waals surface area contributed by atoms with E-state index in [0.717, 1.165) is 25.7 Å². The van der Waals surface area contributed by atoms with Crippen LogP contribution in [0, 0.1) is 0 Å². The zero-order valence-electron chi connectivity index (χ0n) is 16.1. The number of hydrogen-bond donors (Lipinski definition) is 1. The van der Waals surface area contributed by atoms with E-state index in [0.29, 0.717) is 11.5 Å². The van der Waals surface area contributed by atoms with Crippen LogP contribution in [0.3, 0.4) is 0 Å². The van der Waals surface area contributed by atoms with Gasteiger partial charge in [-0.25, -0.2) is 0 Å².